The number of nitrogens with zero attached hydrogens (tertiary/aromatic N) is 2. The molecule has 0 aliphatic rings. The maximum atomic E-state index is 10.7. The predicted molar refractivity (Wildman–Crippen MR) is 113 cm³/mol. The van der Waals surface area contributed by atoms with Crippen LogP contribution >= 0.6 is 0 Å². The summed E-state index contributed by atoms with van der Waals surface area (Å²) in [5.41, 5.74) is 6.61. The van der Waals surface area contributed by atoms with E-state index in [2.05, 4.69) is 10.5 Å². The molecule has 0 radical (unpaired) electrons. The second kappa shape index (κ2) is 9.36. The molecule has 1 N–H and O–H groups in total. The van der Waals surface area contributed by atoms with Gasteiger partial charge in [0.25, 0.3) is 5.69 Å². The van der Waals surface area contributed by atoms with Crippen molar-refractivity contribution in [3.63, 3.8) is 0 Å². The smallest absolute Gasteiger partial charge is 0.269 e. The lowest BCUT2D eigenvalue weighted by Gasteiger charge is -2.11. The van der Waals surface area contributed by atoms with Gasteiger partial charge >= 0.3 is 0 Å². The van der Waals surface area contributed by atoms with Crippen LogP contribution in [-0.2, 0) is 6.61 Å². The first kappa shape index (κ1) is 19.9. The molecule has 3 rings (SSSR count). The third-order valence-corrected chi connectivity index (χ3v) is 4.19. The molecule has 0 saturated heterocycles. The molecule has 0 fully saturated rings. The zero-order valence-electron chi connectivity index (χ0n) is 16.2. The number of nitrogens with one attached hydrogen (secondary N) is 1. The molecular weight excluding hydrogens is 370 g/mol. The van der Waals surface area contributed by atoms with Gasteiger partial charge in [-0.3, -0.25) is 15.5 Å². The Kier molecular flexibility index (Phi) is 6.42. The first-order valence-electron chi connectivity index (χ1n) is 8.95. The van der Waals surface area contributed by atoms with Crippen LogP contribution in [0.15, 0.2) is 71.8 Å². The highest BCUT2D eigenvalue weighted by Crippen LogP contribution is 2.28. The number of nitro groups is 1. The Bertz CT molecular complexity index is 1000. The van der Waals surface area contributed by atoms with Crippen molar-refractivity contribution >= 4 is 17.6 Å². The minimum atomic E-state index is -0.442. The van der Waals surface area contributed by atoms with Crippen molar-refractivity contribution in [1.82, 2.24) is 0 Å². The molecule has 0 heterocycles. The van der Waals surface area contributed by atoms with Crippen LogP contribution in [-0.4, -0.2) is 18.2 Å². The molecule has 3 aromatic carbocycles. The summed E-state index contributed by atoms with van der Waals surface area (Å²) in [7, 11) is 1.60. The number of hydrogen-bond donors (Lipinski definition) is 1. The molecule has 148 valence electrons. The summed E-state index contributed by atoms with van der Waals surface area (Å²) in [5.74, 6) is 1.25. The van der Waals surface area contributed by atoms with E-state index in [0.29, 0.717) is 23.8 Å². The van der Waals surface area contributed by atoms with Gasteiger partial charge in [-0.1, -0.05) is 29.8 Å². The molecule has 0 saturated carbocycles. The summed E-state index contributed by atoms with van der Waals surface area (Å²) < 4.78 is 11.3. The second-order valence-corrected chi connectivity index (χ2v) is 6.36. The second-order valence-electron chi connectivity index (χ2n) is 6.36. The average molecular weight is 391 g/mol. The molecule has 29 heavy (non-hydrogen) atoms. The summed E-state index contributed by atoms with van der Waals surface area (Å²) in [6.07, 6.45) is 1.64. The minimum absolute atomic E-state index is 0.0325. The maximum Gasteiger partial charge on any atom is 0.269 e. The molecule has 0 unspecified atom stereocenters. The normalized spacial score (nSPS) is 10.7. The predicted octanol–water partition coefficient (Wildman–Crippen LogP) is 4.94. The summed E-state index contributed by atoms with van der Waals surface area (Å²) in [6.45, 7) is 2.47. The zero-order valence-corrected chi connectivity index (χ0v) is 16.2. The van der Waals surface area contributed by atoms with Gasteiger partial charge in [0.1, 0.15) is 6.61 Å². The van der Waals surface area contributed by atoms with Gasteiger partial charge in [0.15, 0.2) is 11.5 Å². The Labute approximate surface area is 168 Å². The lowest BCUT2D eigenvalue weighted by Crippen LogP contribution is -1.99. The van der Waals surface area contributed by atoms with E-state index in [1.54, 1.807) is 25.5 Å². The Balaban J connectivity index is 1.66. The van der Waals surface area contributed by atoms with E-state index in [-0.39, 0.29) is 5.69 Å². The van der Waals surface area contributed by atoms with E-state index in [1.165, 1.54) is 17.7 Å². The molecule has 0 spiro atoms. The molecule has 0 atom stereocenters. The van der Waals surface area contributed by atoms with E-state index in [0.717, 1.165) is 11.1 Å². The Morgan fingerprint density at radius 1 is 1.03 bits per heavy atom. The number of hydrazone groups is 1. The van der Waals surface area contributed by atoms with Crippen LogP contribution in [0.5, 0.6) is 11.5 Å². The molecule has 0 aromatic heterocycles. The fraction of sp³-hybridized carbons (Fsp3) is 0.136. The van der Waals surface area contributed by atoms with Crippen LogP contribution in [0.1, 0.15) is 16.7 Å². The SMILES string of the molecule is COc1ccc(/C=N/Nc2ccc([N+](=O)[O-])cc2)cc1OCc1ccc(C)cc1. The van der Waals surface area contributed by atoms with Crippen LogP contribution in [0.2, 0.25) is 0 Å². The molecule has 0 amide bonds. The topological polar surface area (TPSA) is 86.0 Å². The fourth-order valence-corrected chi connectivity index (χ4v) is 2.57. The van der Waals surface area contributed by atoms with Gasteiger partial charge in [-0.15, -0.1) is 0 Å². The van der Waals surface area contributed by atoms with Crippen LogP contribution in [0.4, 0.5) is 11.4 Å². The molecule has 0 bridgehead atoms. The highest BCUT2D eigenvalue weighted by molar-refractivity contribution is 5.81. The summed E-state index contributed by atoms with van der Waals surface area (Å²) in [6, 6.07) is 19.7. The van der Waals surface area contributed by atoms with Gasteiger partial charge in [-0.05, 0) is 48.4 Å². The number of ether oxygens (including phenoxy) is 2. The van der Waals surface area contributed by atoms with Crippen molar-refractivity contribution in [3.05, 3.63) is 93.5 Å². The zero-order chi connectivity index (χ0) is 20.6. The number of hydrogen-bond acceptors (Lipinski definition) is 6. The van der Waals surface area contributed by atoms with E-state index < -0.39 is 4.92 Å². The number of non-ortho nitro benzene ring substituents is 1. The highest BCUT2D eigenvalue weighted by Gasteiger charge is 2.06. The number of benzene rings is 3. The highest BCUT2D eigenvalue weighted by atomic mass is 16.6. The van der Waals surface area contributed by atoms with Gasteiger partial charge in [0, 0.05) is 12.1 Å². The molecular formula is C22H21N3O4. The molecule has 7 nitrogen and oxygen atoms in total. The standard InChI is InChI=1S/C22H21N3O4/c1-16-3-5-17(6-4-16)15-29-22-13-18(7-12-21(22)28-2)14-23-24-19-8-10-20(11-9-19)25(26)27/h3-14,24H,15H2,1-2H3/b23-14+. The van der Waals surface area contributed by atoms with Gasteiger partial charge < -0.3 is 9.47 Å². The van der Waals surface area contributed by atoms with Crippen LogP contribution in [0.25, 0.3) is 0 Å². The number of methoxy groups -OCH3 is 1. The van der Waals surface area contributed by atoms with Crippen molar-refractivity contribution < 1.29 is 14.4 Å². The van der Waals surface area contributed by atoms with Gasteiger partial charge in [0.05, 0.1) is 23.9 Å². The van der Waals surface area contributed by atoms with Gasteiger partial charge in [-0.25, -0.2) is 0 Å². The van der Waals surface area contributed by atoms with Crippen molar-refractivity contribution in [2.75, 3.05) is 12.5 Å². The lowest BCUT2D eigenvalue weighted by molar-refractivity contribution is -0.384. The summed E-state index contributed by atoms with van der Waals surface area (Å²) >= 11 is 0. The number of nitro benzene ring substituents is 1. The van der Waals surface area contributed by atoms with E-state index in [4.69, 9.17) is 9.47 Å². The van der Waals surface area contributed by atoms with Crippen LogP contribution in [0, 0.1) is 17.0 Å². The van der Waals surface area contributed by atoms with E-state index >= 15 is 0 Å². The quantitative estimate of drug-likeness (QED) is 0.334. The van der Waals surface area contributed by atoms with Crippen molar-refractivity contribution in [1.29, 1.82) is 0 Å². The largest absolute Gasteiger partial charge is 0.493 e. The summed E-state index contributed by atoms with van der Waals surface area (Å²) in [4.78, 5) is 10.2. The first-order chi connectivity index (χ1) is 14.0. The molecule has 0 aliphatic heterocycles. The molecule has 0 aliphatic carbocycles. The lowest BCUT2D eigenvalue weighted by atomic mass is 10.1. The Morgan fingerprint density at radius 3 is 2.41 bits per heavy atom. The van der Waals surface area contributed by atoms with Crippen molar-refractivity contribution in [3.8, 4) is 11.5 Å². The van der Waals surface area contributed by atoms with E-state index in [9.17, 15) is 10.1 Å². The van der Waals surface area contributed by atoms with Crippen molar-refractivity contribution in [2.24, 2.45) is 5.10 Å². The van der Waals surface area contributed by atoms with Crippen LogP contribution < -0.4 is 14.9 Å². The van der Waals surface area contributed by atoms with Gasteiger partial charge in [0.2, 0.25) is 0 Å². The van der Waals surface area contributed by atoms with E-state index in [1.807, 2.05) is 49.4 Å². The number of anilines is 1. The Morgan fingerprint density at radius 2 is 1.76 bits per heavy atom. The summed E-state index contributed by atoms with van der Waals surface area (Å²) in [5, 5.41) is 14.9. The molecule has 3 aromatic rings. The van der Waals surface area contributed by atoms with Crippen LogP contribution in [0.3, 0.4) is 0 Å². The monoisotopic (exact) mass is 391 g/mol. The third-order valence-electron chi connectivity index (χ3n) is 4.19. The Hall–Kier alpha value is -3.87. The third kappa shape index (κ3) is 5.55. The minimum Gasteiger partial charge on any atom is -0.493 e. The number of aryl methyl sites for hydroxylation is 1. The molecule has 7 heteroatoms. The van der Waals surface area contributed by atoms with Gasteiger partial charge in [-0.2, -0.15) is 5.10 Å². The maximum absolute atomic E-state index is 10.7. The van der Waals surface area contributed by atoms with Crippen molar-refractivity contribution in [2.45, 2.75) is 13.5 Å². The number of rotatable bonds is 8. The fourth-order valence-electron chi connectivity index (χ4n) is 2.57. The average Bonchev–Trinajstić information content (AvgIpc) is 2.74. The first-order valence-corrected chi connectivity index (χ1v) is 8.95.